The van der Waals surface area contributed by atoms with Crippen LogP contribution >= 0.6 is 27.7 Å². The molecule has 1 N–H and O–H groups in total. The van der Waals surface area contributed by atoms with Crippen LogP contribution in [0.1, 0.15) is 0 Å². The van der Waals surface area contributed by atoms with Crippen molar-refractivity contribution >= 4 is 43.4 Å². The Labute approximate surface area is 145 Å². The van der Waals surface area contributed by atoms with Crippen LogP contribution in [0.25, 0.3) is 0 Å². The van der Waals surface area contributed by atoms with Crippen LogP contribution in [0.5, 0.6) is 5.75 Å². The summed E-state index contributed by atoms with van der Waals surface area (Å²) in [6.07, 6.45) is 0. The second-order valence-corrected chi connectivity index (χ2v) is 7.63. The van der Waals surface area contributed by atoms with Gasteiger partial charge in [-0.05, 0) is 64.1 Å². The number of sulfonamides is 1. The third kappa shape index (κ3) is 4.16. The molecule has 23 heavy (non-hydrogen) atoms. The molecule has 0 heterocycles. The molecule has 0 fully saturated rings. The normalized spacial score (nSPS) is 10.9. The van der Waals surface area contributed by atoms with E-state index in [1.165, 1.54) is 37.4 Å². The summed E-state index contributed by atoms with van der Waals surface area (Å²) in [7, 11) is -2.49. The van der Waals surface area contributed by atoms with Crippen LogP contribution < -0.4 is 9.46 Å². The number of hydrogen-bond acceptors (Lipinski definition) is 5. The van der Waals surface area contributed by atoms with Crippen molar-refractivity contribution in [3.8, 4) is 11.2 Å². The Kier molecular flexibility index (Phi) is 5.51. The first-order valence-electron chi connectivity index (χ1n) is 6.09. The van der Waals surface area contributed by atoms with Gasteiger partial charge in [-0.15, -0.1) is 0 Å². The SMILES string of the molecule is COc1ccc(S(=O)(=O)Nc2ccc(SC#N)cc2F)cc1Br. The number of halogens is 2. The zero-order valence-corrected chi connectivity index (χ0v) is 14.9. The number of thiocyanates is 1. The summed E-state index contributed by atoms with van der Waals surface area (Å²) >= 11 is 3.99. The van der Waals surface area contributed by atoms with Crippen LogP contribution in [0.4, 0.5) is 10.1 Å². The summed E-state index contributed by atoms with van der Waals surface area (Å²) in [6, 6.07) is 8.02. The highest BCUT2D eigenvalue weighted by Gasteiger charge is 2.18. The van der Waals surface area contributed by atoms with Gasteiger partial charge in [0, 0.05) is 4.90 Å². The van der Waals surface area contributed by atoms with Gasteiger partial charge in [-0.25, -0.2) is 12.8 Å². The molecule has 120 valence electrons. The molecule has 0 aliphatic heterocycles. The van der Waals surface area contributed by atoms with Gasteiger partial charge in [0.05, 0.1) is 22.2 Å². The fraction of sp³-hybridized carbons (Fsp3) is 0.0714. The zero-order valence-electron chi connectivity index (χ0n) is 11.7. The van der Waals surface area contributed by atoms with Gasteiger partial charge in [-0.2, -0.15) is 5.26 Å². The number of ether oxygens (including phenoxy) is 1. The first-order chi connectivity index (χ1) is 10.9. The van der Waals surface area contributed by atoms with Crippen molar-refractivity contribution in [1.29, 1.82) is 5.26 Å². The van der Waals surface area contributed by atoms with E-state index in [0.717, 1.165) is 17.8 Å². The Morgan fingerprint density at radius 2 is 2.04 bits per heavy atom. The fourth-order valence-corrected chi connectivity index (χ4v) is 3.90. The molecule has 0 radical (unpaired) electrons. The van der Waals surface area contributed by atoms with E-state index in [1.54, 1.807) is 0 Å². The lowest BCUT2D eigenvalue weighted by Gasteiger charge is -2.11. The second-order valence-electron chi connectivity index (χ2n) is 4.24. The van der Waals surface area contributed by atoms with Crippen molar-refractivity contribution in [2.24, 2.45) is 0 Å². The molecule has 0 bridgehead atoms. The number of hydrogen-bond donors (Lipinski definition) is 1. The highest BCUT2D eigenvalue weighted by molar-refractivity contribution is 9.10. The highest BCUT2D eigenvalue weighted by atomic mass is 79.9. The quantitative estimate of drug-likeness (QED) is 0.588. The number of nitrogens with zero attached hydrogens (tertiary/aromatic N) is 1. The molecule has 0 unspecified atom stereocenters. The maximum Gasteiger partial charge on any atom is 0.262 e. The molecule has 0 saturated carbocycles. The first-order valence-corrected chi connectivity index (χ1v) is 9.18. The first kappa shape index (κ1) is 17.6. The molecule has 5 nitrogen and oxygen atoms in total. The minimum atomic E-state index is -3.96. The Bertz CT molecular complexity index is 882. The van der Waals surface area contributed by atoms with Gasteiger partial charge in [0.2, 0.25) is 0 Å². The Morgan fingerprint density at radius 3 is 2.61 bits per heavy atom. The smallest absolute Gasteiger partial charge is 0.262 e. The number of nitrogens with one attached hydrogen (secondary N) is 1. The number of benzene rings is 2. The van der Waals surface area contributed by atoms with Gasteiger partial charge in [-0.3, -0.25) is 4.72 Å². The van der Waals surface area contributed by atoms with E-state index in [2.05, 4.69) is 20.7 Å². The Morgan fingerprint density at radius 1 is 1.30 bits per heavy atom. The van der Waals surface area contributed by atoms with Gasteiger partial charge < -0.3 is 4.74 Å². The lowest BCUT2D eigenvalue weighted by molar-refractivity contribution is 0.411. The van der Waals surface area contributed by atoms with Crippen molar-refractivity contribution < 1.29 is 17.5 Å². The van der Waals surface area contributed by atoms with Crippen molar-refractivity contribution in [3.63, 3.8) is 0 Å². The molecule has 0 saturated heterocycles. The van der Waals surface area contributed by atoms with Crippen LogP contribution in [-0.4, -0.2) is 15.5 Å². The van der Waals surface area contributed by atoms with Gasteiger partial charge in [0.25, 0.3) is 10.0 Å². The third-order valence-corrected chi connectivity index (χ3v) is 5.35. The van der Waals surface area contributed by atoms with Crippen LogP contribution in [0.15, 0.2) is 50.7 Å². The zero-order chi connectivity index (χ0) is 17.0. The molecule has 2 aromatic carbocycles. The molecular formula is C14H10BrFN2O3S2. The van der Waals surface area contributed by atoms with E-state index in [4.69, 9.17) is 10.00 Å². The predicted molar refractivity (Wildman–Crippen MR) is 89.4 cm³/mol. The van der Waals surface area contributed by atoms with Crippen molar-refractivity contribution in [1.82, 2.24) is 0 Å². The maximum absolute atomic E-state index is 13.9. The number of anilines is 1. The Hall–Kier alpha value is -1.76. The average Bonchev–Trinajstić information content (AvgIpc) is 2.50. The fourth-order valence-electron chi connectivity index (χ4n) is 1.71. The van der Waals surface area contributed by atoms with E-state index in [-0.39, 0.29) is 10.6 Å². The molecule has 0 aliphatic rings. The lowest BCUT2D eigenvalue weighted by atomic mass is 10.3. The van der Waals surface area contributed by atoms with E-state index in [9.17, 15) is 12.8 Å². The van der Waals surface area contributed by atoms with E-state index < -0.39 is 15.8 Å². The van der Waals surface area contributed by atoms with Crippen molar-refractivity contribution in [3.05, 3.63) is 46.7 Å². The minimum absolute atomic E-state index is 0.0416. The summed E-state index contributed by atoms with van der Waals surface area (Å²) in [5, 5.41) is 10.4. The van der Waals surface area contributed by atoms with E-state index in [1.807, 2.05) is 5.40 Å². The summed E-state index contributed by atoms with van der Waals surface area (Å²) in [5.41, 5.74) is -0.195. The summed E-state index contributed by atoms with van der Waals surface area (Å²) in [6.45, 7) is 0. The van der Waals surface area contributed by atoms with Crippen LogP contribution in [0.3, 0.4) is 0 Å². The molecular weight excluding hydrogens is 407 g/mol. The number of nitriles is 1. The highest BCUT2D eigenvalue weighted by Crippen LogP contribution is 2.29. The second kappa shape index (κ2) is 7.21. The average molecular weight is 417 g/mol. The third-order valence-electron chi connectivity index (χ3n) is 2.78. The van der Waals surface area contributed by atoms with Gasteiger partial charge in [-0.1, -0.05) is 0 Å². The maximum atomic E-state index is 13.9. The van der Waals surface area contributed by atoms with Gasteiger partial charge in [0.1, 0.15) is 17.0 Å². The molecule has 0 spiro atoms. The molecule has 0 atom stereocenters. The largest absolute Gasteiger partial charge is 0.496 e. The molecule has 2 rings (SSSR count). The lowest BCUT2D eigenvalue weighted by Crippen LogP contribution is -2.14. The van der Waals surface area contributed by atoms with E-state index >= 15 is 0 Å². The van der Waals surface area contributed by atoms with Crippen LogP contribution in [0.2, 0.25) is 0 Å². The summed E-state index contributed by atoms with van der Waals surface area (Å²) in [5.74, 6) is -0.283. The summed E-state index contributed by atoms with van der Waals surface area (Å²) in [4.78, 5) is 0.347. The van der Waals surface area contributed by atoms with Gasteiger partial charge in [0.15, 0.2) is 0 Å². The molecule has 2 aromatic rings. The van der Waals surface area contributed by atoms with Gasteiger partial charge >= 0.3 is 0 Å². The number of thioether (sulfide) groups is 1. The number of methoxy groups -OCH3 is 1. The van der Waals surface area contributed by atoms with Crippen LogP contribution in [0, 0.1) is 16.5 Å². The summed E-state index contributed by atoms with van der Waals surface area (Å²) < 4.78 is 46.3. The van der Waals surface area contributed by atoms with Crippen molar-refractivity contribution in [2.75, 3.05) is 11.8 Å². The van der Waals surface area contributed by atoms with Crippen LogP contribution in [-0.2, 0) is 10.0 Å². The number of rotatable bonds is 5. The molecule has 0 amide bonds. The molecule has 0 aliphatic carbocycles. The molecule has 0 aromatic heterocycles. The topological polar surface area (TPSA) is 79.2 Å². The Balaban J connectivity index is 2.31. The minimum Gasteiger partial charge on any atom is -0.496 e. The van der Waals surface area contributed by atoms with E-state index in [0.29, 0.717) is 15.1 Å². The monoisotopic (exact) mass is 416 g/mol. The molecule has 9 heteroatoms. The predicted octanol–water partition coefficient (Wildman–Crippen LogP) is 3.97. The van der Waals surface area contributed by atoms with Crippen molar-refractivity contribution in [2.45, 2.75) is 9.79 Å². The standard InChI is InChI=1S/C14H10BrFN2O3S2/c1-21-14-5-3-10(7-11(14)15)23(19,20)18-13-4-2-9(22-8-17)6-12(13)16/h2-7,18H,1H3.